The highest BCUT2D eigenvalue weighted by atomic mass is 16.5. The van der Waals surface area contributed by atoms with Crippen molar-refractivity contribution in [1.82, 2.24) is 30.6 Å². The second kappa shape index (κ2) is 13.2. The number of H-pyrrole nitrogens is 1. The van der Waals surface area contributed by atoms with Gasteiger partial charge in [-0.05, 0) is 35.1 Å². The molecule has 7 rings (SSSR count). The predicted octanol–water partition coefficient (Wildman–Crippen LogP) is 4.55. The van der Waals surface area contributed by atoms with Crippen molar-refractivity contribution in [1.29, 1.82) is 0 Å². The van der Waals surface area contributed by atoms with Gasteiger partial charge in [-0.3, -0.25) is 9.59 Å². The predicted molar refractivity (Wildman–Crippen MR) is 179 cm³/mol. The van der Waals surface area contributed by atoms with Crippen LogP contribution < -0.4 is 20.7 Å². The first-order chi connectivity index (χ1) is 23.6. The van der Waals surface area contributed by atoms with Crippen molar-refractivity contribution in [3.05, 3.63) is 89.5 Å². The van der Waals surface area contributed by atoms with E-state index in [1.54, 1.807) is 26.2 Å². The first kappa shape index (κ1) is 32.1. The van der Waals surface area contributed by atoms with Crippen LogP contribution in [0.25, 0.3) is 23.1 Å². The molecule has 13 nitrogen and oxygen atoms in total. The second-order valence-corrected chi connectivity index (χ2v) is 13.2. The Morgan fingerprint density at radius 2 is 1.88 bits per heavy atom. The number of imidazole rings is 1. The number of hydrogen-bond acceptors (Lipinski definition) is 10. The number of aromatic amines is 1. The van der Waals surface area contributed by atoms with Gasteiger partial charge in [0, 0.05) is 42.9 Å². The number of oxazole rings is 2. The van der Waals surface area contributed by atoms with Crippen molar-refractivity contribution in [2.75, 3.05) is 5.32 Å². The molecule has 5 aromatic rings. The monoisotopic (exact) mass is 665 g/mol. The van der Waals surface area contributed by atoms with Crippen LogP contribution in [0.3, 0.4) is 0 Å². The minimum atomic E-state index is -1.27. The Labute approximate surface area is 282 Å². The molecule has 3 aromatic heterocycles. The van der Waals surface area contributed by atoms with Crippen LogP contribution in [0.4, 0.5) is 5.69 Å². The van der Waals surface area contributed by atoms with E-state index < -0.39 is 30.0 Å². The first-order valence-corrected chi connectivity index (χ1v) is 16.5. The number of aliphatic hydroxyl groups is 1. The van der Waals surface area contributed by atoms with Gasteiger partial charge in [0.25, 0.3) is 0 Å². The van der Waals surface area contributed by atoms with Gasteiger partial charge in [-0.1, -0.05) is 58.0 Å². The van der Waals surface area contributed by atoms with Crippen LogP contribution >= 0.6 is 0 Å². The molecule has 5 N–H and O–H groups in total. The lowest BCUT2D eigenvalue weighted by molar-refractivity contribution is -0.135. The van der Waals surface area contributed by atoms with Gasteiger partial charge in [0.05, 0.1) is 0 Å². The van der Waals surface area contributed by atoms with Crippen molar-refractivity contribution in [2.45, 2.75) is 71.4 Å². The highest BCUT2D eigenvalue weighted by Crippen LogP contribution is 2.35. The fraction of sp³-hybridized carbons (Fsp3) is 0.361. The third-order valence-corrected chi connectivity index (χ3v) is 8.85. The molecule has 0 radical (unpaired) electrons. The average Bonchev–Trinajstić information content (AvgIpc) is 3.89. The van der Waals surface area contributed by atoms with E-state index in [9.17, 15) is 14.7 Å². The van der Waals surface area contributed by atoms with E-state index in [0.29, 0.717) is 35.8 Å². The molecule has 3 unspecified atom stereocenters. The summed E-state index contributed by atoms with van der Waals surface area (Å²) in [6.07, 6.45) is 4.34. The minimum Gasteiger partial charge on any atom is -0.470 e. The Hall–Kier alpha value is -5.43. The van der Waals surface area contributed by atoms with Crippen molar-refractivity contribution in [3.8, 4) is 28.9 Å². The van der Waals surface area contributed by atoms with Crippen LogP contribution in [0.1, 0.15) is 62.1 Å². The van der Waals surface area contributed by atoms with Crippen molar-refractivity contribution >= 4 is 17.5 Å². The van der Waals surface area contributed by atoms with Crippen LogP contribution in [0.5, 0.6) is 5.75 Å². The molecule has 2 aliphatic rings. The number of anilines is 1. The molecular formula is C36H39N7O6. The number of hydrogen-bond donors (Lipinski definition) is 5. The fourth-order valence-corrected chi connectivity index (χ4v) is 6.13. The van der Waals surface area contributed by atoms with Crippen LogP contribution in [0, 0.1) is 11.8 Å². The van der Waals surface area contributed by atoms with Crippen molar-refractivity contribution < 1.29 is 28.3 Å². The lowest BCUT2D eigenvalue weighted by Crippen LogP contribution is -2.52. The van der Waals surface area contributed by atoms with E-state index in [-0.39, 0.29) is 36.3 Å². The molecule has 5 heterocycles. The van der Waals surface area contributed by atoms with Gasteiger partial charge in [0.2, 0.25) is 23.6 Å². The zero-order valence-corrected chi connectivity index (χ0v) is 27.7. The van der Waals surface area contributed by atoms with Crippen molar-refractivity contribution in [3.63, 3.8) is 0 Å². The lowest BCUT2D eigenvalue weighted by Gasteiger charge is -2.25. The van der Waals surface area contributed by atoms with Gasteiger partial charge >= 0.3 is 0 Å². The number of aromatic nitrogens is 4. The normalized spacial score (nSPS) is 19.6. The number of ether oxygens (including phenoxy) is 1. The summed E-state index contributed by atoms with van der Waals surface area (Å²) < 4.78 is 18.7. The standard InChI is InChI=1S/C36H39N7O6/c1-18(2)29-36-43-30(35-41-25(17-47-35)32-37-11-12-38-32)27(49-36)15-21-7-5-6-8-23(21)39-28-16-22-13-20(9-10-26(22)48-28)14-24(33(45)42-29)40-34(46)31(44)19(3)4/h5-13,17-19,24,28-29,31,39,44H,14-16H2,1-4H3,(H,37,38)(H,40,46)(H,42,45)/t24?,28?,29?,31-/m0/s1. The smallest absolute Gasteiger partial charge is 0.249 e. The summed E-state index contributed by atoms with van der Waals surface area (Å²) in [6.45, 7) is 7.38. The molecule has 0 spiro atoms. The summed E-state index contributed by atoms with van der Waals surface area (Å²) in [6, 6.07) is 12.0. The number of amides is 2. The third-order valence-electron chi connectivity index (χ3n) is 8.85. The Kier molecular flexibility index (Phi) is 8.68. The molecule has 2 aromatic carbocycles. The molecule has 2 aliphatic heterocycles. The number of aliphatic hydroxyl groups excluding tert-OH is 1. The van der Waals surface area contributed by atoms with Gasteiger partial charge in [-0.2, -0.15) is 0 Å². The Bertz CT molecular complexity index is 1960. The third kappa shape index (κ3) is 6.66. The average molecular weight is 666 g/mol. The zero-order valence-electron chi connectivity index (χ0n) is 27.7. The summed E-state index contributed by atoms with van der Waals surface area (Å²) in [7, 11) is 0. The molecule has 4 atom stereocenters. The van der Waals surface area contributed by atoms with Crippen LogP contribution in [-0.2, 0) is 28.9 Å². The summed E-state index contributed by atoms with van der Waals surface area (Å²) in [5, 5.41) is 19.9. The van der Waals surface area contributed by atoms with Crippen LogP contribution in [0.2, 0.25) is 0 Å². The highest BCUT2D eigenvalue weighted by molar-refractivity contribution is 5.89. The number of rotatable bonds is 6. The number of carbonyl (C=O) groups is 2. The molecule has 0 saturated heterocycles. The number of benzene rings is 2. The Morgan fingerprint density at radius 1 is 1.04 bits per heavy atom. The number of para-hydroxylation sites is 1. The van der Waals surface area contributed by atoms with E-state index >= 15 is 0 Å². The molecule has 0 saturated carbocycles. The van der Waals surface area contributed by atoms with Gasteiger partial charge in [0.15, 0.2) is 17.7 Å². The SMILES string of the molecule is CC(C)C1NC(=O)C(NC(=O)[C@@H](O)C(C)C)Cc2ccc3c(c2)CC(Nc2ccccc2Cc2oc1nc2-c1nc(-c2ncc[nH]2)co1)O3. The molecule has 254 valence electrons. The van der Waals surface area contributed by atoms with E-state index in [1.165, 1.54) is 6.26 Å². The quantitative estimate of drug-likeness (QED) is 0.173. The number of fused-ring (bicyclic) bond motifs is 5. The summed E-state index contributed by atoms with van der Waals surface area (Å²) in [5.74, 6) is 0.740. The van der Waals surface area contributed by atoms with Gasteiger partial charge in [-0.15, -0.1) is 0 Å². The molecule has 49 heavy (non-hydrogen) atoms. The van der Waals surface area contributed by atoms with Crippen LogP contribution in [-0.4, -0.2) is 55.2 Å². The van der Waals surface area contributed by atoms with E-state index in [1.807, 2.05) is 56.3 Å². The summed E-state index contributed by atoms with van der Waals surface area (Å²) >= 11 is 0. The number of nitrogens with zero attached hydrogens (tertiary/aromatic N) is 3. The zero-order chi connectivity index (χ0) is 34.2. The maximum absolute atomic E-state index is 14.1. The summed E-state index contributed by atoms with van der Waals surface area (Å²) in [4.78, 5) is 44.0. The second-order valence-electron chi connectivity index (χ2n) is 13.2. The largest absolute Gasteiger partial charge is 0.470 e. The Morgan fingerprint density at radius 3 is 2.65 bits per heavy atom. The minimum absolute atomic E-state index is 0.158. The fourth-order valence-electron chi connectivity index (χ4n) is 6.13. The van der Waals surface area contributed by atoms with Crippen LogP contribution in [0.15, 0.2) is 70.0 Å². The number of carbonyl (C=O) groups excluding carboxylic acids is 2. The van der Waals surface area contributed by atoms with E-state index in [0.717, 1.165) is 28.1 Å². The van der Waals surface area contributed by atoms with E-state index in [2.05, 4.69) is 30.9 Å². The molecule has 0 aliphatic carbocycles. The molecule has 5 bridgehead atoms. The summed E-state index contributed by atoms with van der Waals surface area (Å²) in [5.41, 5.74) is 4.53. The van der Waals surface area contributed by atoms with Gasteiger partial charge in [-0.25, -0.2) is 15.0 Å². The molecular weight excluding hydrogens is 626 g/mol. The molecule has 0 fully saturated rings. The first-order valence-electron chi connectivity index (χ1n) is 16.5. The van der Waals surface area contributed by atoms with Gasteiger partial charge in [0.1, 0.15) is 41.7 Å². The topological polar surface area (TPSA) is 180 Å². The lowest BCUT2D eigenvalue weighted by atomic mass is 9.99. The van der Waals surface area contributed by atoms with Gasteiger partial charge < -0.3 is 39.6 Å². The highest BCUT2D eigenvalue weighted by Gasteiger charge is 2.33. The molecule has 13 heteroatoms. The number of nitrogens with one attached hydrogen (secondary N) is 4. The molecule has 2 amide bonds. The maximum atomic E-state index is 14.1. The van der Waals surface area contributed by atoms with Crippen molar-refractivity contribution in [2.24, 2.45) is 11.8 Å². The van der Waals surface area contributed by atoms with E-state index in [4.69, 9.17) is 18.6 Å². The maximum Gasteiger partial charge on any atom is 0.249 e. The Balaban J connectivity index is 1.31.